The van der Waals surface area contributed by atoms with Crippen LogP contribution >= 0.6 is 15.9 Å². The normalized spacial score (nSPS) is 14.8. The monoisotopic (exact) mass is 337 g/mol. The Labute approximate surface area is 126 Å². The van der Waals surface area contributed by atoms with Crippen molar-refractivity contribution in [2.45, 2.75) is 38.6 Å². The van der Waals surface area contributed by atoms with Crippen LogP contribution < -0.4 is 5.73 Å². The summed E-state index contributed by atoms with van der Waals surface area (Å²) in [6.45, 7) is 2.98. The van der Waals surface area contributed by atoms with Gasteiger partial charge in [0.05, 0.1) is 4.47 Å². The molecule has 20 heavy (non-hydrogen) atoms. The molecule has 3 nitrogen and oxygen atoms in total. The highest BCUT2D eigenvalue weighted by atomic mass is 79.9. The van der Waals surface area contributed by atoms with Gasteiger partial charge >= 0.3 is 0 Å². The maximum absolute atomic E-state index is 13.7. The number of nitrogens with two attached hydrogens (primary N) is 1. The van der Waals surface area contributed by atoms with Crippen LogP contribution in [0, 0.1) is 5.82 Å². The molecular formula is C15H17BrFN3. The molecule has 3 rings (SSSR count). The van der Waals surface area contributed by atoms with Crippen LogP contribution in [-0.2, 0) is 6.54 Å². The lowest BCUT2D eigenvalue weighted by atomic mass is 10.1. The number of hydrogen-bond donors (Lipinski definition) is 1. The molecule has 1 aromatic carbocycles. The highest BCUT2D eigenvalue weighted by molar-refractivity contribution is 9.10. The Bertz CT molecular complexity index is 647. The predicted octanol–water partition coefficient (Wildman–Crippen LogP) is 4.32. The van der Waals surface area contributed by atoms with Crippen LogP contribution in [0.4, 0.5) is 10.2 Å². The molecule has 2 N–H and O–H groups in total. The zero-order chi connectivity index (χ0) is 14.3. The molecule has 1 saturated carbocycles. The predicted molar refractivity (Wildman–Crippen MR) is 82.0 cm³/mol. The highest BCUT2D eigenvalue weighted by Crippen LogP contribution is 2.42. The second kappa shape index (κ2) is 5.20. The van der Waals surface area contributed by atoms with Gasteiger partial charge in [-0.25, -0.2) is 9.37 Å². The van der Waals surface area contributed by atoms with Crippen LogP contribution in [0.5, 0.6) is 0 Å². The van der Waals surface area contributed by atoms with Gasteiger partial charge in [-0.05, 0) is 47.3 Å². The van der Waals surface area contributed by atoms with Crippen LogP contribution in [-0.4, -0.2) is 9.55 Å². The molecule has 0 bridgehead atoms. The molecule has 0 spiro atoms. The van der Waals surface area contributed by atoms with Crippen molar-refractivity contribution in [1.82, 2.24) is 9.55 Å². The SMILES string of the molecule is CCCn1c(C2CC2)nc(-c2ccc(Br)c(F)c2)c1N. The first-order valence-corrected chi connectivity index (χ1v) is 7.72. The van der Waals surface area contributed by atoms with Gasteiger partial charge in [0.15, 0.2) is 0 Å². The van der Waals surface area contributed by atoms with Crippen LogP contribution in [0.15, 0.2) is 22.7 Å². The van der Waals surface area contributed by atoms with Crippen LogP contribution in [0.3, 0.4) is 0 Å². The molecular weight excluding hydrogens is 321 g/mol. The molecule has 1 aliphatic rings. The van der Waals surface area contributed by atoms with E-state index in [9.17, 15) is 4.39 Å². The Hall–Kier alpha value is -1.36. The third-order valence-corrected chi connectivity index (χ3v) is 4.26. The zero-order valence-corrected chi connectivity index (χ0v) is 13.0. The van der Waals surface area contributed by atoms with Gasteiger partial charge in [-0.2, -0.15) is 0 Å². The average Bonchev–Trinajstić information content (AvgIpc) is 3.21. The number of nitrogens with zero attached hydrogens (tertiary/aromatic N) is 2. The Balaban J connectivity index is 2.08. The number of halogens is 2. The fraction of sp³-hybridized carbons (Fsp3) is 0.400. The molecule has 0 saturated heterocycles. The molecule has 2 aromatic rings. The van der Waals surface area contributed by atoms with E-state index >= 15 is 0 Å². The quantitative estimate of drug-likeness (QED) is 0.902. The van der Waals surface area contributed by atoms with Crippen molar-refractivity contribution in [2.24, 2.45) is 0 Å². The van der Waals surface area contributed by atoms with E-state index in [1.807, 2.05) is 6.07 Å². The molecule has 106 valence electrons. The Morgan fingerprint density at radius 1 is 1.45 bits per heavy atom. The van der Waals surface area contributed by atoms with E-state index in [-0.39, 0.29) is 5.82 Å². The van der Waals surface area contributed by atoms with E-state index in [0.717, 1.165) is 24.4 Å². The van der Waals surface area contributed by atoms with Crippen molar-refractivity contribution in [3.63, 3.8) is 0 Å². The minimum atomic E-state index is -0.292. The number of benzene rings is 1. The Kier molecular flexibility index (Phi) is 3.54. The zero-order valence-electron chi connectivity index (χ0n) is 11.4. The maximum Gasteiger partial charge on any atom is 0.138 e. The van der Waals surface area contributed by atoms with Gasteiger partial charge in [0, 0.05) is 18.0 Å². The summed E-state index contributed by atoms with van der Waals surface area (Å²) in [5, 5.41) is 0. The van der Waals surface area contributed by atoms with Gasteiger partial charge in [-0.15, -0.1) is 0 Å². The first kappa shape index (κ1) is 13.6. The number of imidazole rings is 1. The minimum absolute atomic E-state index is 0.292. The largest absolute Gasteiger partial charge is 0.383 e. The molecule has 0 radical (unpaired) electrons. The highest BCUT2D eigenvalue weighted by Gasteiger charge is 2.30. The summed E-state index contributed by atoms with van der Waals surface area (Å²) in [6, 6.07) is 5.02. The summed E-state index contributed by atoms with van der Waals surface area (Å²) in [6.07, 6.45) is 3.36. The third kappa shape index (κ3) is 2.35. The first-order valence-electron chi connectivity index (χ1n) is 6.93. The number of nitrogen functional groups attached to an aromatic ring is 1. The molecule has 0 amide bonds. The topological polar surface area (TPSA) is 43.8 Å². The molecule has 1 aromatic heterocycles. The van der Waals surface area contributed by atoms with Crippen molar-refractivity contribution in [2.75, 3.05) is 5.73 Å². The van der Waals surface area contributed by atoms with Gasteiger partial charge in [-0.3, -0.25) is 0 Å². The van der Waals surface area contributed by atoms with Crippen molar-refractivity contribution >= 4 is 21.7 Å². The van der Waals surface area contributed by atoms with Crippen molar-refractivity contribution in [3.8, 4) is 11.3 Å². The fourth-order valence-corrected chi connectivity index (χ4v) is 2.70. The smallest absolute Gasteiger partial charge is 0.138 e. The van der Waals surface area contributed by atoms with Crippen molar-refractivity contribution in [1.29, 1.82) is 0 Å². The lowest BCUT2D eigenvalue weighted by Gasteiger charge is -2.07. The van der Waals surface area contributed by atoms with E-state index in [0.29, 0.717) is 21.9 Å². The van der Waals surface area contributed by atoms with Crippen molar-refractivity contribution in [3.05, 3.63) is 34.3 Å². The lowest BCUT2D eigenvalue weighted by molar-refractivity contribution is 0.621. The van der Waals surface area contributed by atoms with E-state index < -0.39 is 0 Å². The summed E-state index contributed by atoms with van der Waals surface area (Å²) < 4.78 is 16.2. The van der Waals surface area contributed by atoms with Crippen LogP contribution in [0.25, 0.3) is 11.3 Å². The number of aromatic nitrogens is 2. The first-order chi connectivity index (χ1) is 9.61. The molecule has 5 heteroatoms. The van der Waals surface area contributed by atoms with E-state index in [1.165, 1.54) is 18.9 Å². The standard InChI is InChI=1S/C15H17BrFN3/c1-2-7-20-14(18)13(19-15(20)9-3-4-9)10-5-6-11(16)12(17)8-10/h5-6,8-9H,2-4,7,18H2,1H3. The Morgan fingerprint density at radius 2 is 2.20 bits per heavy atom. The third-order valence-electron chi connectivity index (χ3n) is 3.62. The second-order valence-electron chi connectivity index (χ2n) is 5.26. The van der Waals surface area contributed by atoms with Crippen molar-refractivity contribution < 1.29 is 4.39 Å². The van der Waals surface area contributed by atoms with Gasteiger partial charge in [0.25, 0.3) is 0 Å². The minimum Gasteiger partial charge on any atom is -0.383 e. The molecule has 1 aliphatic carbocycles. The molecule has 0 atom stereocenters. The summed E-state index contributed by atoms with van der Waals surface area (Å²) in [5.41, 5.74) is 7.68. The van der Waals surface area contributed by atoms with Crippen LogP contribution in [0.2, 0.25) is 0 Å². The Morgan fingerprint density at radius 3 is 2.80 bits per heavy atom. The molecule has 0 aliphatic heterocycles. The van der Waals surface area contributed by atoms with E-state index in [4.69, 9.17) is 5.73 Å². The summed E-state index contributed by atoms with van der Waals surface area (Å²) in [5.74, 6) is 1.94. The number of hydrogen-bond acceptors (Lipinski definition) is 2. The van der Waals surface area contributed by atoms with E-state index in [1.54, 1.807) is 6.07 Å². The van der Waals surface area contributed by atoms with Crippen LogP contribution in [0.1, 0.15) is 37.9 Å². The number of rotatable bonds is 4. The average molecular weight is 338 g/mol. The number of anilines is 1. The fourth-order valence-electron chi connectivity index (χ4n) is 2.45. The summed E-state index contributed by atoms with van der Waals surface area (Å²) in [4.78, 5) is 4.69. The van der Waals surface area contributed by atoms with Gasteiger partial charge < -0.3 is 10.3 Å². The second-order valence-corrected chi connectivity index (χ2v) is 6.11. The maximum atomic E-state index is 13.7. The molecule has 1 heterocycles. The molecule has 1 fully saturated rings. The lowest BCUT2D eigenvalue weighted by Crippen LogP contribution is -2.06. The van der Waals surface area contributed by atoms with E-state index in [2.05, 4.69) is 32.4 Å². The van der Waals surface area contributed by atoms with Gasteiger partial charge in [0.2, 0.25) is 0 Å². The van der Waals surface area contributed by atoms with Gasteiger partial charge in [0.1, 0.15) is 23.2 Å². The summed E-state index contributed by atoms with van der Waals surface area (Å²) >= 11 is 3.17. The molecule has 0 unspecified atom stereocenters. The summed E-state index contributed by atoms with van der Waals surface area (Å²) in [7, 11) is 0. The van der Waals surface area contributed by atoms with Gasteiger partial charge in [-0.1, -0.05) is 13.0 Å².